The number of carboxylic acid groups (broad SMARTS) is 1. The highest BCUT2D eigenvalue weighted by molar-refractivity contribution is 5.88. The van der Waals surface area contributed by atoms with Gasteiger partial charge in [-0.3, -0.25) is 0 Å². The average Bonchev–Trinajstić information content (AvgIpc) is 2.60. The van der Waals surface area contributed by atoms with Gasteiger partial charge in [-0.05, 0) is 49.9 Å². The third-order valence-corrected chi connectivity index (χ3v) is 4.07. The van der Waals surface area contributed by atoms with Crippen molar-refractivity contribution in [1.29, 1.82) is 0 Å². The number of carboxylic acids is 1. The third kappa shape index (κ3) is 3.73. The Morgan fingerprint density at radius 3 is 2.54 bits per heavy atom. The van der Waals surface area contributed by atoms with Crippen LogP contribution in [-0.2, 0) is 0 Å². The van der Waals surface area contributed by atoms with Gasteiger partial charge in [0, 0.05) is 5.69 Å². The highest BCUT2D eigenvalue weighted by Crippen LogP contribution is 2.30. The van der Waals surface area contributed by atoms with E-state index in [2.05, 4.69) is 15.3 Å². The summed E-state index contributed by atoms with van der Waals surface area (Å²) in [5.41, 5.74) is 7.38. The van der Waals surface area contributed by atoms with Crippen molar-refractivity contribution in [2.75, 3.05) is 11.1 Å². The van der Waals surface area contributed by atoms with Crippen molar-refractivity contribution in [3.8, 4) is 5.88 Å². The van der Waals surface area contributed by atoms with Crippen LogP contribution in [0.5, 0.6) is 5.88 Å². The molecule has 0 aliphatic heterocycles. The largest absolute Gasteiger partial charge is 0.478 e. The smallest absolute Gasteiger partial charge is 0.335 e. The minimum Gasteiger partial charge on any atom is -0.478 e. The fourth-order valence-electron chi connectivity index (χ4n) is 2.75. The van der Waals surface area contributed by atoms with Gasteiger partial charge in [0.2, 0.25) is 5.88 Å². The Balaban J connectivity index is 1.73. The molecule has 24 heavy (non-hydrogen) atoms. The number of ether oxygens (including phenoxy) is 1. The van der Waals surface area contributed by atoms with Gasteiger partial charge in [0.25, 0.3) is 0 Å². The fourth-order valence-corrected chi connectivity index (χ4v) is 2.75. The number of carbonyl (C=O) groups is 1. The number of aromatic nitrogens is 2. The number of nitrogens with one attached hydrogen (secondary N) is 1. The molecule has 7 nitrogen and oxygen atoms in total. The zero-order chi connectivity index (χ0) is 16.9. The van der Waals surface area contributed by atoms with Crippen LogP contribution in [0.4, 0.5) is 17.2 Å². The number of hydrogen-bond acceptors (Lipinski definition) is 6. The van der Waals surface area contributed by atoms with E-state index in [0.29, 0.717) is 23.1 Å². The van der Waals surface area contributed by atoms with Crippen molar-refractivity contribution in [3.63, 3.8) is 0 Å². The predicted molar refractivity (Wildman–Crippen MR) is 90.6 cm³/mol. The highest BCUT2D eigenvalue weighted by atomic mass is 16.5. The Morgan fingerprint density at radius 1 is 1.17 bits per heavy atom. The summed E-state index contributed by atoms with van der Waals surface area (Å²) in [7, 11) is 0. The van der Waals surface area contributed by atoms with Crippen LogP contribution in [0.3, 0.4) is 0 Å². The van der Waals surface area contributed by atoms with E-state index in [1.807, 2.05) is 0 Å². The van der Waals surface area contributed by atoms with Crippen LogP contribution in [-0.4, -0.2) is 27.1 Å². The normalized spacial score (nSPS) is 15.0. The van der Waals surface area contributed by atoms with Gasteiger partial charge in [-0.2, -0.15) is 4.98 Å². The van der Waals surface area contributed by atoms with Crippen molar-refractivity contribution >= 4 is 23.2 Å². The maximum absolute atomic E-state index is 10.9. The zero-order valence-corrected chi connectivity index (χ0v) is 13.2. The summed E-state index contributed by atoms with van der Waals surface area (Å²) in [6, 6.07) is 6.35. The molecule has 0 bridgehead atoms. The lowest BCUT2D eigenvalue weighted by Gasteiger charge is -2.23. The molecule has 1 fully saturated rings. The summed E-state index contributed by atoms with van der Waals surface area (Å²) in [6.45, 7) is 0. The Bertz CT molecular complexity index is 712. The second-order valence-corrected chi connectivity index (χ2v) is 5.83. The van der Waals surface area contributed by atoms with E-state index in [9.17, 15) is 4.79 Å². The first-order valence-corrected chi connectivity index (χ1v) is 8.01. The van der Waals surface area contributed by atoms with E-state index in [1.165, 1.54) is 24.9 Å². The average molecular weight is 328 g/mol. The lowest BCUT2D eigenvalue weighted by molar-refractivity contribution is 0.0697. The number of hydrogen-bond donors (Lipinski definition) is 3. The summed E-state index contributed by atoms with van der Waals surface area (Å²) < 4.78 is 5.92. The summed E-state index contributed by atoms with van der Waals surface area (Å²) in [5, 5.41) is 12.0. The molecule has 0 spiro atoms. The lowest BCUT2D eigenvalue weighted by Crippen LogP contribution is -2.21. The fraction of sp³-hybridized carbons (Fsp3) is 0.353. The number of nitrogens with zero attached hydrogens (tertiary/aromatic N) is 2. The Kier molecular flexibility index (Phi) is 4.79. The van der Waals surface area contributed by atoms with Crippen LogP contribution in [0.15, 0.2) is 30.6 Å². The number of nitrogen functional groups attached to an aromatic ring is 1. The van der Waals surface area contributed by atoms with Crippen molar-refractivity contribution in [1.82, 2.24) is 9.97 Å². The van der Waals surface area contributed by atoms with Crippen LogP contribution < -0.4 is 15.8 Å². The Labute approximate surface area is 139 Å². The number of benzene rings is 1. The van der Waals surface area contributed by atoms with Gasteiger partial charge in [-0.1, -0.05) is 6.42 Å². The summed E-state index contributed by atoms with van der Waals surface area (Å²) in [4.78, 5) is 19.2. The lowest BCUT2D eigenvalue weighted by atomic mass is 9.98. The van der Waals surface area contributed by atoms with E-state index in [-0.39, 0.29) is 11.7 Å². The minimum atomic E-state index is -0.966. The molecule has 126 valence electrons. The van der Waals surface area contributed by atoms with Gasteiger partial charge < -0.3 is 20.9 Å². The second-order valence-electron chi connectivity index (χ2n) is 5.83. The molecule has 3 rings (SSSR count). The first-order chi connectivity index (χ1) is 11.6. The third-order valence-electron chi connectivity index (χ3n) is 4.07. The Morgan fingerprint density at radius 2 is 1.88 bits per heavy atom. The first-order valence-electron chi connectivity index (χ1n) is 8.01. The molecular formula is C17H20N4O3. The van der Waals surface area contributed by atoms with Gasteiger partial charge in [0.05, 0.1) is 5.56 Å². The topological polar surface area (TPSA) is 110 Å². The summed E-state index contributed by atoms with van der Waals surface area (Å²) >= 11 is 0. The highest BCUT2D eigenvalue weighted by Gasteiger charge is 2.18. The molecule has 4 N–H and O–H groups in total. The van der Waals surface area contributed by atoms with Crippen molar-refractivity contribution in [2.24, 2.45) is 0 Å². The molecule has 1 aromatic heterocycles. The molecule has 0 unspecified atom stereocenters. The second kappa shape index (κ2) is 7.16. The minimum absolute atomic E-state index is 0.152. The molecule has 1 heterocycles. The van der Waals surface area contributed by atoms with E-state index >= 15 is 0 Å². The maximum atomic E-state index is 10.9. The van der Waals surface area contributed by atoms with E-state index in [0.717, 1.165) is 25.7 Å². The van der Waals surface area contributed by atoms with E-state index in [1.54, 1.807) is 12.1 Å². The summed E-state index contributed by atoms with van der Waals surface area (Å²) in [6.07, 6.45) is 7.17. The molecule has 1 aliphatic carbocycles. The molecule has 1 aromatic carbocycles. The molecule has 0 atom stereocenters. The van der Waals surface area contributed by atoms with E-state index in [4.69, 9.17) is 15.6 Å². The van der Waals surface area contributed by atoms with Crippen molar-refractivity contribution in [3.05, 3.63) is 36.2 Å². The standard InChI is InChI=1S/C17H20N4O3/c18-14-15(21-12-8-6-11(7-9-12)17(22)23)19-10-20-16(14)24-13-4-2-1-3-5-13/h6-10,13H,1-5,18H2,(H,22,23)(H,19,20,21). The number of aromatic carboxylic acids is 1. The number of rotatable bonds is 5. The zero-order valence-electron chi connectivity index (χ0n) is 13.2. The molecule has 7 heteroatoms. The maximum Gasteiger partial charge on any atom is 0.335 e. The molecular weight excluding hydrogens is 308 g/mol. The van der Waals surface area contributed by atoms with Crippen molar-refractivity contribution in [2.45, 2.75) is 38.2 Å². The van der Waals surface area contributed by atoms with E-state index < -0.39 is 5.97 Å². The SMILES string of the molecule is Nc1c(Nc2ccc(C(=O)O)cc2)ncnc1OC1CCCCC1. The van der Waals surface area contributed by atoms with Crippen LogP contribution in [0.1, 0.15) is 42.5 Å². The first kappa shape index (κ1) is 16.0. The molecule has 2 aromatic rings. The van der Waals surface area contributed by atoms with Crippen LogP contribution in [0, 0.1) is 0 Å². The van der Waals surface area contributed by atoms with Gasteiger partial charge >= 0.3 is 5.97 Å². The number of anilines is 3. The quantitative estimate of drug-likeness (QED) is 0.773. The summed E-state index contributed by atoms with van der Waals surface area (Å²) in [5.74, 6) is -0.133. The van der Waals surface area contributed by atoms with Crippen LogP contribution in [0.2, 0.25) is 0 Å². The number of nitrogens with two attached hydrogens (primary N) is 1. The van der Waals surface area contributed by atoms with Gasteiger partial charge in [-0.15, -0.1) is 0 Å². The van der Waals surface area contributed by atoms with Gasteiger partial charge in [0.1, 0.15) is 18.1 Å². The molecule has 0 radical (unpaired) electrons. The van der Waals surface area contributed by atoms with Gasteiger partial charge in [0.15, 0.2) is 5.82 Å². The molecule has 0 saturated heterocycles. The van der Waals surface area contributed by atoms with Crippen LogP contribution in [0.25, 0.3) is 0 Å². The molecule has 1 aliphatic rings. The Hall–Kier alpha value is -2.83. The van der Waals surface area contributed by atoms with Gasteiger partial charge in [-0.25, -0.2) is 9.78 Å². The van der Waals surface area contributed by atoms with Crippen molar-refractivity contribution < 1.29 is 14.6 Å². The monoisotopic (exact) mass is 328 g/mol. The van der Waals surface area contributed by atoms with Crippen LogP contribution >= 0.6 is 0 Å². The molecule has 0 amide bonds. The predicted octanol–water partition coefficient (Wildman–Crippen LogP) is 3.21. The molecule has 1 saturated carbocycles.